The maximum Gasteiger partial charge on any atom is 0.302 e. The van der Waals surface area contributed by atoms with Crippen molar-refractivity contribution in [3.05, 3.63) is 0 Å². The molecule has 0 spiro atoms. The zero-order chi connectivity index (χ0) is 17.6. The van der Waals surface area contributed by atoms with Crippen LogP contribution in [0.3, 0.4) is 0 Å². The standard InChI is InChI=1S/C17H28O6/c1-10(18)23-9-17(4,22)11-5-7-15(2)12(19)6-8-16(3,21)14(15)13(11)20/h11,13-14,20-22H,5-9H2,1-4H3/t11-,13-,14-,15+,16-,17-/m1/s1. The Morgan fingerprint density at radius 3 is 2.57 bits per heavy atom. The lowest BCUT2D eigenvalue weighted by molar-refractivity contribution is -0.211. The molecule has 6 heteroatoms. The molecule has 0 aromatic rings. The number of esters is 1. The molecule has 23 heavy (non-hydrogen) atoms. The fraction of sp³-hybridized carbons (Fsp3) is 0.882. The van der Waals surface area contributed by atoms with Crippen LogP contribution in [0.4, 0.5) is 0 Å². The number of ether oxygens (including phenoxy) is 1. The minimum Gasteiger partial charge on any atom is -0.463 e. The molecule has 3 N–H and O–H groups in total. The number of aliphatic hydroxyl groups is 3. The Morgan fingerprint density at radius 2 is 2.00 bits per heavy atom. The summed E-state index contributed by atoms with van der Waals surface area (Å²) < 4.78 is 4.91. The van der Waals surface area contributed by atoms with E-state index in [-0.39, 0.29) is 12.4 Å². The van der Waals surface area contributed by atoms with Gasteiger partial charge in [-0.05, 0) is 33.1 Å². The Balaban J connectivity index is 2.28. The first-order chi connectivity index (χ1) is 10.4. The van der Waals surface area contributed by atoms with E-state index in [2.05, 4.69) is 0 Å². The smallest absolute Gasteiger partial charge is 0.302 e. The van der Waals surface area contributed by atoms with Crippen LogP contribution in [-0.2, 0) is 14.3 Å². The average Bonchev–Trinajstić information content (AvgIpc) is 2.41. The topological polar surface area (TPSA) is 104 Å². The van der Waals surface area contributed by atoms with Crippen LogP contribution >= 0.6 is 0 Å². The average molecular weight is 328 g/mol. The summed E-state index contributed by atoms with van der Waals surface area (Å²) in [6.07, 6.45) is 0.497. The quantitative estimate of drug-likeness (QED) is 0.662. The highest BCUT2D eigenvalue weighted by molar-refractivity contribution is 5.86. The van der Waals surface area contributed by atoms with Crippen LogP contribution in [0.1, 0.15) is 53.4 Å². The second-order valence-electron chi connectivity index (χ2n) is 7.95. The summed E-state index contributed by atoms with van der Waals surface area (Å²) >= 11 is 0. The summed E-state index contributed by atoms with van der Waals surface area (Å²) in [7, 11) is 0. The van der Waals surface area contributed by atoms with Gasteiger partial charge in [0.05, 0.1) is 11.7 Å². The van der Waals surface area contributed by atoms with E-state index in [0.717, 1.165) is 0 Å². The van der Waals surface area contributed by atoms with Crippen molar-refractivity contribution >= 4 is 11.8 Å². The molecular formula is C17H28O6. The number of hydrogen-bond acceptors (Lipinski definition) is 6. The Hall–Kier alpha value is -0.980. The highest BCUT2D eigenvalue weighted by atomic mass is 16.5. The number of fused-ring (bicyclic) bond motifs is 1. The first-order valence-electron chi connectivity index (χ1n) is 8.21. The van der Waals surface area contributed by atoms with E-state index in [1.54, 1.807) is 13.8 Å². The molecule has 0 saturated heterocycles. The molecule has 2 rings (SSSR count). The highest BCUT2D eigenvalue weighted by Crippen LogP contribution is 2.55. The zero-order valence-electron chi connectivity index (χ0n) is 14.3. The van der Waals surface area contributed by atoms with Crippen LogP contribution in [0, 0.1) is 17.3 Å². The monoisotopic (exact) mass is 328 g/mol. The summed E-state index contributed by atoms with van der Waals surface area (Å²) in [5.41, 5.74) is -3.36. The molecule has 0 radical (unpaired) electrons. The molecule has 0 bridgehead atoms. The molecule has 2 aliphatic carbocycles. The molecule has 0 aliphatic heterocycles. The van der Waals surface area contributed by atoms with Crippen molar-refractivity contribution in [2.24, 2.45) is 17.3 Å². The Morgan fingerprint density at radius 1 is 1.39 bits per heavy atom. The van der Waals surface area contributed by atoms with E-state index in [4.69, 9.17) is 4.74 Å². The molecule has 6 atom stereocenters. The molecule has 0 aromatic heterocycles. The molecule has 0 amide bonds. The number of ketones is 1. The van der Waals surface area contributed by atoms with Crippen molar-refractivity contribution < 1.29 is 29.6 Å². The first kappa shape index (κ1) is 18.4. The fourth-order valence-electron chi connectivity index (χ4n) is 4.60. The van der Waals surface area contributed by atoms with Gasteiger partial charge in [-0.3, -0.25) is 9.59 Å². The first-order valence-corrected chi connectivity index (χ1v) is 8.21. The van der Waals surface area contributed by atoms with Crippen molar-refractivity contribution in [3.63, 3.8) is 0 Å². The van der Waals surface area contributed by atoms with E-state index in [1.807, 2.05) is 0 Å². The molecule has 2 aliphatic rings. The van der Waals surface area contributed by atoms with Gasteiger partial charge in [0.15, 0.2) is 0 Å². The SMILES string of the molecule is CC(=O)OC[C@@](C)(O)[C@@H]1CC[C@@]2(C)C(=O)CC[C@@](C)(O)[C@@H]2[C@@H]1O. The third kappa shape index (κ3) is 3.16. The second-order valence-corrected chi connectivity index (χ2v) is 7.95. The summed E-state index contributed by atoms with van der Waals surface area (Å²) in [5.74, 6) is -1.65. The van der Waals surface area contributed by atoms with E-state index in [9.17, 15) is 24.9 Å². The Labute approximate surface area is 136 Å². The summed E-state index contributed by atoms with van der Waals surface area (Å²) in [6.45, 7) is 6.01. The van der Waals surface area contributed by atoms with Crippen molar-refractivity contribution in [2.75, 3.05) is 6.61 Å². The van der Waals surface area contributed by atoms with E-state index >= 15 is 0 Å². The number of carbonyl (C=O) groups is 2. The predicted molar refractivity (Wildman–Crippen MR) is 82.4 cm³/mol. The third-order valence-corrected chi connectivity index (χ3v) is 5.95. The van der Waals surface area contributed by atoms with Crippen molar-refractivity contribution in [1.29, 1.82) is 0 Å². The summed E-state index contributed by atoms with van der Waals surface area (Å²) in [6, 6.07) is 0. The maximum atomic E-state index is 12.4. The van der Waals surface area contributed by atoms with E-state index in [1.165, 1.54) is 13.8 Å². The van der Waals surface area contributed by atoms with Crippen LogP contribution < -0.4 is 0 Å². The van der Waals surface area contributed by atoms with Crippen molar-refractivity contribution in [1.82, 2.24) is 0 Å². The third-order valence-electron chi connectivity index (χ3n) is 5.95. The molecule has 132 valence electrons. The van der Waals surface area contributed by atoms with Gasteiger partial charge in [0, 0.05) is 30.6 Å². The van der Waals surface area contributed by atoms with Crippen LogP contribution in [0.2, 0.25) is 0 Å². The van der Waals surface area contributed by atoms with Gasteiger partial charge in [0.2, 0.25) is 0 Å². The molecule has 0 unspecified atom stereocenters. The van der Waals surface area contributed by atoms with Gasteiger partial charge < -0.3 is 20.1 Å². The predicted octanol–water partition coefficient (Wildman–Crippen LogP) is 0.808. The number of hydrogen-bond donors (Lipinski definition) is 3. The summed E-state index contributed by atoms with van der Waals surface area (Å²) in [5, 5.41) is 32.3. The van der Waals surface area contributed by atoms with Gasteiger partial charge in [0.25, 0.3) is 0 Å². The summed E-state index contributed by atoms with van der Waals surface area (Å²) in [4.78, 5) is 23.4. The van der Waals surface area contributed by atoms with Gasteiger partial charge >= 0.3 is 5.97 Å². The maximum absolute atomic E-state index is 12.4. The number of aliphatic hydroxyl groups excluding tert-OH is 1. The van der Waals surface area contributed by atoms with Gasteiger partial charge in [-0.2, -0.15) is 0 Å². The molecule has 2 saturated carbocycles. The molecule has 2 fully saturated rings. The van der Waals surface area contributed by atoms with E-state index in [0.29, 0.717) is 25.7 Å². The fourth-order valence-corrected chi connectivity index (χ4v) is 4.60. The van der Waals surface area contributed by atoms with Crippen LogP contribution in [-0.4, -0.2) is 51.0 Å². The van der Waals surface area contributed by atoms with Crippen LogP contribution in [0.25, 0.3) is 0 Å². The van der Waals surface area contributed by atoms with Crippen molar-refractivity contribution in [2.45, 2.75) is 70.7 Å². The number of rotatable bonds is 3. The Kier molecular flexibility index (Phi) is 4.65. The van der Waals surface area contributed by atoms with E-state index < -0.39 is 40.5 Å². The lowest BCUT2D eigenvalue weighted by Gasteiger charge is -2.56. The lowest BCUT2D eigenvalue weighted by atomic mass is 9.50. The van der Waals surface area contributed by atoms with Gasteiger partial charge in [0.1, 0.15) is 18.0 Å². The molecule has 0 heterocycles. The number of Topliss-reactive ketones (excluding diaryl/α,β-unsaturated/α-hetero) is 1. The normalized spacial score (nSPS) is 43.4. The Bertz CT molecular complexity index is 497. The van der Waals surface area contributed by atoms with Gasteiger partial charge in [-0.1, -0.05) is 6.92 Å². The number of carbonyl (C=O) groups excluding carboxylic acids is 2. The lowest BCUT2D eigenvalue weighted by Crippen LogP contribution is -2.64. The zero-order valence-corrected chi connectivity index (χ0v) is 14.3. The molecule has 6 nitrogen and oxygen atoms in total. The molecular weight excluding hydrogens is 300 g/mol. The second kappa shape index (κ2) is 5.83. The molecule has 0 aromatic carbocycles. The van der Waals surface area contributed by atoms with Gasteiger partial charge in [-0.25, -0.2) is 0 Å². The van der Waals surface area contributed by atoms with Gasteiger partial charge in [-0.15, -0.1) is 0 Å². The van der Waals surface area contributed by atoms with Crippen molar-refractivity contribution in [3.8, 4) is 0 Å². The van der Waals surface area contributed by atoms with Crippen LogP contribution in [0.5, 0.6) is 0 Å². The minimum atomic E-state index is -1.41. The largest absolute Gasteiger partial charge is 0.463 e. The highest BCUT2D eigenvalue weighted by Gasteiger charge is 2.61. The van der Waals surface area contributed by atoms with Crippen LogP contribution in [0.15, 0.2) is 0 Å². The minimum absolute atomic E-state index is 0.0613.